The predicted molar refractivity (Wildman–Crippen MR) is 140 cm³/mol. The van der Waals surface area contributed by atoms with Gasteiger partial charge in [0.15, 0.2) is 0 Å². The van der Waals surface area contributed by atoms with Crippen LogP contribution >= 0.6 is 0 Å². The fraction of sp³-hybridized carbons (Fsp3) is 0.207. The number of amides is 1. The van der Waals surface area contributed by atoms with Crippen molar-refractivity contribution in [3.8, 4) is 5.75 Å². The second-order valence-electron chi connectivity index (χ2n) is 9.40. The van der Waals surface area contributed by atoms with Crippen molar-refractivity contribution in [2.24, 2.45) is 5.73 Å². The number of benzene rings is 3. The van der Waals surface area contributed by atoms with E-state index in [1.165, 1.54) is 0 Å². The van der Waals surface area contributed by atoms with Crippen LogP contribution < -0.4 is 11.1 Å². The summed E-state index contributed by atoms with van der Waals surface area (Å²) in [5.41, 5.74) is 8.86. The smallest absolute Gasteiger partial charge is 0.227 e. The minimum Gasteiger partial charge on any atom is -0.508 e. The lowest BCUT2D eigenvalue weighted by atomic mass is 9.83. The Hall–Kier alpha value is -4.19. The lowest BCUT2D eigenvalue weighted by molar-refractivity contribution is -0.122. The Balaban J connectivity index is 1.58. The highest BCUT2D eigenvalue weighted by atomic mass is 16.3. The largest absolute Gasteiger partial charge is 0.508 e. The standard InChI is InChI=1S/C29H29N3O3/c1-29(2,28(30)34)26-23-8-4-5-9-24(23)32(16-15-19-11-13-21(33)14-12-19)27(26)31-18-22-17-20-7-3-6-10-25(20)35-22/h3-14,17,31,33H,15-16,18H2,1-2H3,(H2,30,34). The Morgan fingerprint density at radius 2 is 1.74 bits per heavy atom. The van der Waals surface area contributed by atoms with Gasteiger partial charge >= 0.3 is 0 Å². The number of nitrogens with two attached hydrogens (primary N) is 1. The molecule has 178 valence electrons. The number of carbonyl (C=O) groups is 1. The van der Waals surface area contributed by atoms with Crippen molar-refractivity contribution in [1.29, 1.82) is 0 Å². The van der Waals surface area contributed by atoms with Gasteiger partial charge in [-0.3, -0.25) is 4.79 Å². The van der Waals surface area contributed by atoms with Crippen LogP contribution in [0.4, 0.5) is 5.82 Å². The van der Waals surface area contributed by atoms with E-state index in [0.717, 1.165) is 51.0 Å². The number of carbonyl (C=O) groups excluding carboxylic acids is 1. The molecule has 0 saturated heterocycles. The molecule has 0 radical (unpaired) electrons. The first-order chi connectivity index (χ1) is 16.8. The molecule has 5 aromatic rings. The molecule has 2 aromatic heterocycles. The monoisotopic (exact) mass is 467 g/mol. The molecule has 4 N–H and O–H groups in total. The van der Waals surface area contributed by atoms with E-state index in [9.17, 15) is 9.90 Å². The number of anilines is 1. The second kappa shape index (κ2) is 8.87. The zero-order valence-corrected chi connectivity index (χ0v) is 19.9. The Kier molecular flexibility index (Phi) is 5.73. The number of hydrogen-bond acceptors (Lipinski definition) is 4. The lowest BCUT2D eigenvalue weighted by Gasteiger charge is -2.23. The molecule has 6 nitrogen and oxygen atoms in total. The van der Waals surface area contributed by atoms with Gasteiger partial charge < -0.3 is 25.1 Å². The van der Waals surface area contributed by atoms with Crippen molar-refractivity contribution in [1.82, 2.24) is 4.57 Å². The molecule has 0 aliphatic heterocycles. The lowest BCUT2D eigenvalue weighted by Crippen LogP contribution is -2.36. The molecule has 0 unspecified atom stereocenters. The topological polar surface area (TPSA) is 93.4 Å². The number of aromatic nitrogens is 1. The summed E-state index contributed by atoms with van der Waals surface area (Å²) < 4.78 is 8.24. The fourth-order valence-electron chi connectivity index (χ4n) is 4.67. The van der Waals surface area contributed by atoms with Crippen molar-refractivity contribution in [2.75, 3.05) is 5.32 Å². The molecular formula is C29H29N3O3. The summed E-state index contributed by atoms with van der Waals surface area (Å²) in [7, 11) is 0. The SMILES string of the molecule is CC(C)(C(N)=O)c1c(NCc2cc3ccccc3o2)n(CCc2ccc(O)cc2)c2ccccc12. The van der Waals surface area contributed by atoms with Crippen molar-refractivity contribution in [3.63, 3.8) is 0 Å². The summed E-state index contributed by atoms with van der Waals surface area (Å²) in [5.74, 6) is 1.53. The maximum Gasteiger partial charge on any atom is 0.227 e. The molecule has 2 heterocycles. The number of phenols is 1. The van der Waals surface area contributed by atoms with E-state index in [-0.39, 0.29) is 11.7 Å². The van der Waals surface area contributed by atoms with Crippen molar-refractivity contribution in [3.05, 3.63) is 95.7 Å². The minimum absolute atomic E-state index is 0.249. The minimum atomic E-state index is -0.889. The van der Waals surface area contributed by atoms with Gasteiger partial charge in [0, 0.05) is 28.4 Å². The molecule has 0 atom stereocenters. The number of nitrogens with zero attached hydrogens (tertiary/aromatic N) is 1. The molecule has 0 fully saturated rings. The Morgan fingerprint density at radius 1 is 1.03 bits per heavy atom. The van der Waals surface area contributed by atoms with Crippen molar-refractivity contribution in [2.45, 2.75) is 38.8 Å². The third-order valence-electron chi connectivity index (χ3n) is 6.68. The van der Waals surface area contributed by atoms with E-state index >= 15 is 0 Å². The van der Waals surface area contributed by atoms with E-state index in [0.29, 0.717) is 13.1 Å². The summed E-state index contributed by atoms with van der Waals surface area (Å²) >= 11 is 0. The summed E-state index contributed by atoms with van der Waals surface area (Å²) in [6.45, 7) is 4.89. The van der Waals surface area contributed by atoms with Gasteiger partial charge in [0.1, 0.15) is 22.9 Å². The number of aryl methyl sites for hydroxylation is 2. The number of rotatable bonds is 8. The number of furan rings is 1. The zero-order valence-electron chi connectivity index (χ0n) is 19.9. The normalized spacial score (nSPS) is 11.8. The molecule has 35 heavy (non-hydrogen) atoms. The maximum absolute atomic E-state index is 12.6. The van der Waals surface area contributed by atoms with Gasteiger partial charge in [0.2, 0.25) is 5.91 Å². The van der Waals surface area contributed by atoms with Gasteiger partial charge in [-0.15, -0.1) is 0 Å². The quantitative estimate of drug-likeness (QED) is 0.272. The van der Waals surface area contributed by atoms with Crippen molar-refractivity contribution < 1.29 is 14.3 Å². The van der Waals surface area contributed by atoms with Crippen LogP contribution in [0, 0.1) is 0 Å². The van der Waals surface area contributed by atoms with Crippen LogP contribution in [0.25, 0.3) is 21.9 Å². The number of para-hydroxylation sites is 2. The molecular weight excluding hydrogens is 438 g/mol. The first-order valence-corrected chi connectivity index (χ1v) is 11.8. The predicted octanol–water partition coefficient (Wildman–Crippen LogP) is 5.71. The van der Waals surface area contributed by atoms with E-state index in [4.69, 9.17) is 10.2 Å². The Morgan fingerprint density at radius 3 is 2.49 bits per heavy atom. The first kappa shape index (κ1) is 22.6. The van der Waals surface area contributed by atoms with Gasteiger partial charge in [-0.25, -0.2) is 0 Å². The first-order valence-electron chi connectivity index (χ1n) is 11.8. The summed E-state index contributed by atoms with van der Waals surface area (Å²) in [6, 6.07) is 25.3. The van der Waals surface area contributed by atoms with Crippen LogP contribution in [-0.4, -0.2) is 15.6 Å². The molecule has 1 amide bonds. The number of aromatic hydroxyl groups is 1. The van der Waals surface area contributed by atoms with Crippen LogP contribution in [0.2, 0.25) is 0 Å². The molecule has 0 spiro atoms. The van der Waals surface area contributed by atoms with Gasteiger partial charge in [-0.05, 0) is 56.2 Å². The number of nitrogens with one attached hydrogen (secondary N) is 1. The van der Waals surface area contributed by atoms with Crippen LogP contribution in [0.15, 0.2) is 83.3 Å². The molecule has 0 bridgehead atoms. The summed E-state index contributed by atoms with van der Waals surface area (Å²) in [5, 5.41) is 15.3. The Bertz CT molecular complexity index is 1480. The molecule has 3 aromatic carbocycles. The average molecular weight is 468 g/mol. The maximum atomic E-state index is 12.6. The van der Waals surface area contributed by atoms with E-state index < -0.39 is 5.41 Å². The molecule has 0 saturated carbocycles. The highest BCUT2D eigenvalue weighted by molar-refractivity contribution is 5.98. The third kappa shape index (κ3) is 4.23. The van der Waals surface area contributed by atoms with Crippen LogP contribution in [-0.2, 0) is 29.7 Å². The molecule has 0 aliphatic carbocycles. The third-order valence-corrected chi connectivity index (χ3v) is 6.68. The second-order valence-corrected chi connectivity index (χ2v) is 9.40. The Labute approximate surface area is 204 Å². The number of primary amides is 1. The highest BCUT2D eigenvalue weighted by Crippen LogP contribution is 2.39. The van der Waals surface area contributed by atoms with Crippen LogP contribution in [0.3, 0.4) is 0 Å². The van der Waals surface area contributed by atoms with Gasteiger partial charge in [0.25, 0.3) is 0 Å². The van der Waals surface area contributed by atoms with Gasteiger partial charge in [-0.1, -0.05) is 48.5 Å². The zero-order chi connectivity index (χ0) is 24.6. The molecule has 5 rings (SSSR count). The van der Waals surface area contributed by atoms with Gasteiger partial charge in [-0.2, -0.15) is 0 Å². The van der Waals surface area contributed by atoms with E-state index in [1.54, 1.807) is 12.1 Å². The summed E-state index contributed by atoms with van der Waals surface area (Å²) in [4.78, 5) is 12.6. The van der Waals surface area contributed by atoms with E-state index in [2.05, 4.69) is 16.0 Å². The number of hydrogen-bond donors (Lipinski definition) is 3. The molecule has 0 aliphatic rings. The fourth-order valence-corrected chi connectivity index (χ4v) is 4.67. The highest BCUT2D eigenvalue weighted by Gasteiger charge is 2.35. The van der Waals surface area contributed by atoms with Crippen LogP contribution in [0.5, 0.6) is 5.75 Å². The average Bonchev–Trinajstić information content (AvgIpc) is 3.41. The van der Waals surface area contributed by atoms with Crippen molar-refractivity contribution >= 4 is 33.6 Å². The van der Waals surface area contributed by atoms with E-state index in [1.807, 2.05) is 74.5 Å². The number of fused-ring (bicyclic) bond motifs is 2. The number of phenolic OH excluding ortho intramolecular Hbond substituents is 1. The molecule has 6 heteroatoms. The summed E-state index contributed by atoms with van der Waals surface area (Å²) in [6.07, 6.45) is 0.759. The van der Waals surface area contributed by atoms with Crippen LogP contribution in [0.1, 0.15) is 30.7 Å². The van der Waals surface area contributed by atoms with Gasteiger partial charge in [0.05, 0.1) is 12.0 Å².